The van der Waals surface area contributed by atoms with Crippen LogP contribution in [0.15, 0.2) is 261 Å². The lowest BCUT2D eigenvalue weighted by Crippen LogP contribution is -2.10. The predicted octanol–water partition coefficient (Wildman–Crippen LogP) is 17.5. The monoisotopic (exact) mass is 801 g/mol. The van der Waals surface area contributed by atoms with Gasteiger partial charge in [0.2, 0.25) is 0 Å². The molecule has 11 rings (SSSR count). The summed E-state index contributed by atoms with van der Waals surface area (Å²) in [6.07, 6.45) is 0. The van der Waals surface area contributed by atoms with Crippen molar-refractivity contribution in [2.45, 2.75) is 0 Å². The molecule has 1 nitrogen and oxygen atoms in total. The summed E-state index contributed by atoms with van der Waals surface area (Å²) in [4.78, 5) is 2.40. The Kier molecular flexibility index (Phi) is 9.97. The van der Waals surface area contributed by atoms with E-state index in [1.54, 1.807) is 0 Å². The average Bonchev–Trinajstić information content (AvgIpc) is 3.37. The van der Waals surface area contributed by atoms with Gasteiger partial charge < -0.3 is 4.90 Å². The van der Waals surface area contributed by atoms with Crippen molar-refractivity contribution in [3.63, 3.8) is 0 Å². The molecule has 0 aliphatic rings. The van der Waals surface area contributed by atoms with Crippen LogP contribution in [0.2, 0.25) is 0 Å². The fraction of sp³-hybridized carbons (Fsp3) is 0. The number of hydrogen-bond acceptors (Lipinski definition) is 1. The number of nitrogens with zero attached hydrogens (tertiary/aromatic N) is 1. The highest BCUT2D eigenvalue weighted by Gasteiger charge is 2.26. The molecule has 0 heterocycles. The van der Waals surface area contributed by atoms with E-state index in [2.05, 4.69) is 266 Å². The van der Waals surface area contributed by atoms with Crippen molar-refractivity contribution in [3.8, 4) is 66.8 Å². The second-order valence-corrected chi connectivity index (χ2v) is 16.0. The Morgan fingerprint density at radius 3 is 1.16 bits per heavy atom. The van der Waals surface area contributed by atoms with E-state index in [-0.39, 0.29) is 0 Å². The van der Waals surface area contributed by atoms with Gasteiger partial charge in [0.05, 0.1) is 5.69 Å². The summed E-state index contributed by atoms with van der Waals surface area (Å²) in [5.41, 5.74) is 17.7. The van der Waals surface area contributed by atoms with Crippen molar-refractivity contribution < 1.29 is 0 Å². The van der Waals surface area contributed by atoms with Gasteiger partial charge in [-0.25, -0.2) is 0 Å². The topological polar surface area (TPSA) is 3.24 Å². The molecule has 0 aromatic heterocycles. The van der Waals surface area contributed by atoms with E-state index in [0.29, 0.717) is 0 Å². The molecule has 0 radical (unpaired) electrons. The molecule has 0 unspecified atom stereocenters. The highest BCUT2D eigenvalue weighted by Crippen LogP contribution is 2.53. The molecule has 11 aromatic carbocycles. The second-order valence-electron chi connectivity index (χ2n) is 16.0. The van der Waals surface area contributed by atoms with Crippen molar-refractivity contribution in [1.29, 1.82) is 0 Å². The van der Waals surface area contributed by atoms with E-state index in [0.717, 1.165) is 22.6 Å². The third-order valence-electron chi connectivity index (χ3n) is 12.3. The van der Waals surface area contributed by atoms with Crippen molar-refractivity contribution >= 4 is 38.6 Å². The van der Waals surface area contributed by atoms with Crippen molar-refractivity contribution in [2.24, 2.45) is 0 Å². The first-order valence-corrected chi connectivity index (χ1v) is 21.7. The Bertz CT molecular complexity index is 3320. The van der Waals surface area contributed by atoms with E-state index in [4.69, 9.17) is 0 Å². The van der Waals surface area contributed by atoms with Crippen LogP contribution in [-0.4, -0.2) is 0 Å². The molecule has 0 saturated heterocycles. The quantitative estimate of drug-likeness (QED) is 0.141. The van der Waals surface area contributed by atoms with Crippen LogP contribution in [0.1, 0.15) is 0 Å². The maximum absolute atomic E-state index is 2.40. The van der Waals surface area contributed by atoms with Crippen LogP contribution in [0.25, 0.3) is 88.3 Å². The standard InChI is InChI=1S/C62H43N/c1-6-20-44(21-7-1)45-36-40-52(41-37-45)63(57-35-18-31-46-22-16-17-32-54(46)57)53-42-38-47(39-43-53)55-33-19-34-56-58(48-23-8-2-9-24-48)59(49-25-10-3-11-26-49)60(50-27-12-4-13-28-50)61(62(55)56)51-29-14-5-15-30-51/h1-43H. The van der Waals surface area contributed by atoms with Gasteiger partial charge in [0.1, 0.15) is 0 Å². The van der Waals surface area contributed by atoms with E-state index < -0.39 is 0 Å². The number of fused-ring (bicyclic) bond motifs is 2. The average molecular weight is 802 g/mol. The summed E-state index contributed by atoms with van der Waals surface area (Å²) in [6, 6.07) is 94.7. The molecule has 0 saturated carbocycles. The Hall–Kier alpha value is -8.26. The third kappa shape index (κ3) is 7.06. The van der Waals surface area contributed by atoms with E-state index in [1.165, 1.54) is 82.7 Å². The zero-order valence-corrected chi connectivity index (χ0v) is 34.8. The Balaban J connectivity index is 1.16. The molecule has 0 aliphatic heterocycles. The SMILES string of the molecule is c1ccc(-c2ccc(N(c3ccc(-c4cccc5c(-c6ccccc6)c(-c6ccccc6)c(-c6ccccc6)c(-c6ccccc6)c45)cc3)c3cccc4ccccc34)cc2)cc1. The molecule has 1 heteroatoms. The Morgan fingerprint density at radius 1 is 0.222 bits per heavy atom. The van der Waals surface area contributed by atoms with Crippen molar-refractivity contribution in [1.82, 2.24) is 0 Å². The largest absolute Gasteiger partial charge is 0.310 e. The second kappa shape index (κ2) is 16.7. The highest BCUT2D eigenvalue weighted by molar-refractivity contribution is 6.22. The molecule has 0 N–H and O–H groups in total. The minimum Gasteiger partial charge on any atom is -0.310 e. The summed E-state index contributed by atoms with van der Waals surface area (Å²) >= 11 is 0. The van der Waals surface area contributed by atoms with Crippen LogP contribution in [0.3, 0.4) is 0 Å². The zero-order chi connectivity index (χ0) is 42.0. The van der Waals surface area contributed by atoms with Gasteiger partial charge >= 0.3 is 0 Å². The van der Waals surface area contributed by atoms with Crippen LogP contribution in [0.4, 0.5) is 17.1 Å². The van der Waals surface area contributed by atoms with Crippen molar-refractivity contribution in [3.05, 3.63) is 261 Å². The summed E-state index contributed by atoms with van der Waals surface area (Å²) in [5, 5.41) is 4.86. The highest BCUT2D eigenvalue weighted by atomic mass is 15.1. The third-order valence-corrected chi connectivity index (χ3v) is 12.3. The summed E-state index contributed by atoms with van der Waals surface area (Å²) in [5.74, 6) is 0. The van der Waals surface area contributed by atoms with Gasteiger partial charge in [-0.05, 0) is 113 Å². The fourth-order valence-corrected chi connectivity index (χ4v) is 9.42. The first-order chi connectivity index (χ1) is 31.3. The smallest absolute Gasteiger partial charge is 0.0540 e. The number of benzene rings is 11. The molecule has 0 fully saturated rings. The minimum absolute atomic E-state index is 1.09. The van der Waals surface area contributed by atoms with Gasteiger partial charge in [0.15, 0.2) is 0 Å². The molecule has 0 atom stereocenters. The number of hydrogen-bond donors (Lipinski definition) is 0. The maximum Gasteiger partial charge on any atom is 0.0540 e. The minimum atomic E-state index is 1.09. The van der Waals surface area contributed by atoms with E-state index in [1.807, 2.05) is 0 Å². The summed E-state index contributed by atoms with van der Waals surface area (Å²) in [6.45, 7) is 0. The van der Waals surface area contributed by atoms with Crippen LogP contribution in [0, 0.1) is 0 Å². The van der Waals surface area contributed by atoms with Gasteiger partial charge in [-0.15, -0.1) is 0 Å². The first-order valence-electron chi connectivity index (χ1n) is 21.7. The van der Waals surface area contributed by atoms with Gasteiger partial charge in [-0.2, -0.15) is 0 Å². The molecule has 296 valence electrons. The van der Waals surface area contributed by atoms with Gasteiger partial charge in [0.25, 0.3) is 0 Å². The first kappa shape index (κ1) is 37.7. The summed E-state index contributed by atoms with van der Waals surface area (Å²) < 4.78 is 0. The van der Waals surface area contributed by atoms with E-state index in [9.17, 15) is 0 Å². The van der Waals surface area contributed by atoms with Gasteiger partial charge in [0, 0.05) is 16.8 Å². The molecular weight excluding hydrogens is 759 g/mol. The predicted molar refractivity (Wildman–Crippen MR) is 269 cm³/mol. The van der Waals surface area contributed by atoms with Crippen LogP contribution >= 0.6 is 0 Å². The zero-order valence-electron chi connectivity index (χ0n) is 34.8. The molecule has 0 amide bonds. The van der Waals surface area contributed by atoms with Crippen LogP contribution < -0.4 is 4.90 Å². The maximum atomic E-state index is 2.40. The number of anilines is 3. The molecular formula is C62H43N. The lowest BCUT2D eigenvalue weighted by molar-refractivity contribution is 1.30. The van der Waals surface area contributed by atoms with Gasteiger partial charge in [-0.3, -0.25) is 0 Å². The Morgan fingerprint density at radius 2 is 0.603 bits per heavy atom. The normalized spacial score (nSPS) is 11.2. The lowest BCUT2D eigenvalue weighted by atomic mass is 9.77. The number of rotatable bonds is 9. The van der Waals surface area contributed by atoms with Crippen LogP contribution in [0.5, 0.6) is 0 Å². The van der Waals surface area contributed by atoms with Crippen LogP contribution in [-0.2, 0) is 0 Å². The van der Waals surface area contributed by atoms with E-state index >= 15 is 0 Å². The van der Waals surface area contributed by atoms with Gasteiger partial charge in [-0.1, -0.05) is 231 Å². The van der Waals surface area contributed by atoms with Crippen molar-refractivity contribution in [2.75, 3.05) is 4.90 Å². The molecule has 0 aliphatic carbocycles. The molecule has 0 spiro atoms. The molecule has 63 heavy (non-hydrogen) atoms. The molecule has 0 bridgehead atoms. The lowest BCUT2D eigenvalue weighted by Gasteiger charge is -2.28. The summed E-state index contributed by atoms with van der Waals surface area (Å²) in [7, 11) is 0. The fourth-order valence-electron chi connectivity index (χ4n) is 9.42. The molecule has 11 aromatic rings. The Labute approximate surface area is 369 Å².